The summed E-state index contributed by atoms with van der Waals surface area (Å²) in [5.74, 6) is 1.71. The average Bonchev–Trinajstić information content (AvgIpc) is 2.61. The first-order chi connectivity index (χ1) is 6.69. The highest BCUT2D eigenvalue weighted by molar-refractivity contribution is 4.83. The predicted molar refractivity (Wildman–Crippen MR) is 62.5 cm³/mol. The third-order valence-corrected chi connectivity index (χ3v) is 3.55. The third kappa shape index (κ3) is 2.96. The molecule has 84 valence electrons. The SMILES string of the molecule is CCC1CCN(C(CNC)C(C)C)C1. The summed E-state index contributed by atoms with van der Waals surface area (Å²) >= 11 is 0. The van der Waals surface area contributed by atoms with Crippen LogP contribution in [-0.4, -0.2) is 37.6 Å². The summed E-state index contributed by atoms with van der Waals surface area (Å²) in [6.45, 7) is 10.7. The molecule has 0 aromatic carbocycles. The second-order valence-corrected chi connectivity index (χ2v) is 4.93. The smallest absolute Gasteiger partial charge is 0.0243 e. The highest BCUT2D eigenvalue weighted by Crippen LogP contribution is 2.23. The molecular formula is C12H26N2. The Morgan fingerprint density at radius 3 is 2.57 bits per heavy atom. The molecule has 0 saturated carbocycles. The number of nitrogens with zero attached hydrogens (tertiary/aromatic N) is 1. The van der Waals surface area contributed by atoms with E-state index < -0.39 is 0 Å². The zero-order chi connectivity index (χ0) is 10.6. The van der Waals surface area contributed by atoms with E-state index >= 15 is 0 Å². The van der Waals surface area contributed by atoms with E-state index in [9.17, 15) is 0 Å². The van der Waals surface area contributed by atoms with Gasteiger partial charge in [0.15, 0.2) is 0 Å². The maximum atomic E-state index is 3.32. The van der Waals surface area contributed by atoms with Gasteiger partial charge in [0, 0.05) is 19.1 Å². The van der Waals surface area contributed by atoms with Crippen LogP contribution in [0.2, 0.25) is 0 Å². The highest BCUT2D eigenvalue weighted by atomic mass is 15.2. The molecular weight excluding hydrogens is 172 g/mol. The van der Waals surface area contributed by atoms with Crippen molar-refractivity contribution >= 4 is 0 Å². The van der Waals surface area contributed by atoms with Crippen LogP contribution < -0.4 is 5.32 Å². The monoisotopic (exact) mass is 198 g/mol. The highest BCUT2D eigenvalue weighted by Gasteiger charge is 2.28. The molecule has 1 rings (SSSR count). The largest absolute Gasteiger partial charge is 0.318 e. The molecule has 2 atom stereocenters. The van der Waals surface area contributed by atoms with E-state index in [2.05, 4.69) is 38.0 Å². The average molecular weight is 198 g/mol. The summed E-state index contributed by atoms with van der Waals surface area (Å²) in [5, 5.41) is 3.32. The van der Waals surface area contributed by atoms with Crippen molar-refractivity contribution in [1.29, 1.82) is 0 Å². The quantitative estimate of drug-likeness (QED) is 0.726. The standard InChI is InChI=1S/C12H26N2/c1-5-11-6-7-14(9-11)12(8-13-4)10(2)3/h10-13H,5-9H2,1-4H3. The molecule has 1 aliphatic heterocycles. The fourth-order valence-electron chi connectivity index (χ4n) is 2.49. The van der Waals surface area contributed by atoms with Crippen molar-refractivity contribution in [1.82, 2.24) is 10.2 Å². The zero-order valence-corrected chi connectivity index (χ0v) is 10.2. The van der Waals surface area contributed by atoms with Gasteiger partial charge in [-0.15, -0.1) is 0 Å². The van der Waals surface area contributed by atoms with Gasteiger partial charge in [0.2, 0.25) is 0 Å². The molecule has 0 aromatic rings. The lowest BCUT2D eigenvalue weighted by Gasteiger charge is -2.31. The first-order valence-corrected chi connectivity index (χ1v) is 6.07. The molecule has 1 saturated heterocycles. The third-order valence-electron chi connectivity index (χ3n) is 3.55. The molecule has 0 spiro atoms. The first kappa shape index (κ1) is 12.0. The van der Waals surface area contributed by atoms with Crippen molar-refractivity contribution < 1.29 is 0 Å². The normalized spacial score (nSPS) is 25.9. The minimum Gasteiger partial charge on any atom is -0.318 e. The van der Waals surface area contributed by atoms with Gasteiger partial charge in [0.1, 0.15) is 0 Å². The van der Waals surface area contributed by atoms with Crippen LogP contribution in [-0.2, 0) is 0 Å². The van der Waals surface area contributed by atoms with E-state index in [-0.39, 0.29) is 0 Å². The molecule has 0 radical (unpaired) electrons. The maximum Gasteiger partial charge on any atom is 0.0243 e. The lowest BCUT2D eigenvalue weighted by atomic mass is 10.0. The van der Waals surface area contributed by atoms with Gasteiger partial charge in [-0.05, 0) is 31.8 Å². The van der Waals surface area contributed by atoms with E-state index in [0.717, 1.165) is 24.4 Å². The van der Waals surface area contributed by atoms with Crippen molar-refractivity contribution in [3.05, 3.63) is 0 Å². The lowest BCUT2D eigenvalue weighted by molar-refractivity contribution is 0.182. The molecule has 2 unspecified atom stereocenters. The Morgan fingerprint density at radius 1 is 1.43 bits per heavy atom. The molecule has 1 aliphatic rings. The minimum atomic E-state index is 0.733. The van der Waals surface area contributed by atoms with Crippen LogP contribution in [0, 0.1) is 11.8 Å². The van der Waals surface area contributed by atoms with Crippen LogP contribution in [0.1, 0.15) is 33.6 Å². The summed E-state index contributed by atoms with van der Waals surface area (Å²) in [5.41, 5.74) is 0. The summed E-state index contributed by atoms with van der Waals surface area (Å²) in [6.07, 6.45) is 2.75. The van der Waals surface area contributed by atoms with Gasteiger partial charge in [-0.25, -0.2) is 0 Å². The summed E-state index contributed by atoms with van der Waals surface area (Å²) in [6, 6.07) is 0.733. The van der Waals surface area contributed by atoms with Gasteiger partial charge in [0.05, 0.1) is 0 Å². The molecule has 1 fully saturated rings. The van der Waals surface area contributed by atoms with Gasteiger partial charge in [0.25, 0.3) is 0 Å². The molecule has 14 heavy (non-hydrogen) atoms. The fourth-order valence-corrected chi connectivity index (χ4v) is 2.49. The van der Waals surface area contributed by atoms with Crippen LogP contribution in [0.25, 0.3) is 0 Å². The Hall–Kier alpha value is -0.0800. The van der Waals surface area contributed by atoms with Gasteiger partial charge in [-0.2, -0.15) is 0 Å². The lowest BCUT2D eigenvalue weighted by Crippen LogP contribution is -2.43. The van der Waals surface area contributed by atoms with Crippen molar-refractivity contribution in [3.8, 4) is 0 Å². The Bertz CT molecular complexity index is 156. The molecule has 0 aromatic heterocycles. The molecule has 0 bridgehead atoms. The van der Waals surface area contributed by atoms with Gasteiger partial charge >= 0.3 is 0 Å². The molecule has 1 N–H and O–H groups in total. The van der Waals surface area contributed by atoms with E-state index in [1.807, 2.05) is 0 Å². The molecule has 0 aliphatic carbocycles. The van der Waals surface area contributed by atoms with Crippen molar-refractivity contribution in [2.45, 2.75) is 39.7 Å². The predicted octanol–water partition coefficient (Wildman–Crippen LogP) is 1.96. The van der Waals surface area contributed by atoms with E-state index in [1.165, 1.54) is 25.9 Å². The first-order valence-electron chi connectivity index (χ1n) is 6.07. The van der Waals surface area contributed by atoms with E-state index in [4.69, 9.17) is 0 Å². The zero-order valence-electron chi connectivity index (χ0n) is 10.2. The Kier molecular flexibility index (Phi) is 4.90. The number of nitrogens with one attached hydrogen (secondary N) is 1. The van der Waals surface area contributed by atoms with Gasteiger partial charge in [-0.1, -0.05) is 27.2 Å². The maximum absolute atomic E-state index is 3.32. The van der Waals surface area contributed by atoms with Crippen LogP contribution >= 0.6 is 0 Å². The van der Waals surface area contributed by atoms with E-state index in [0.29, 0.717) is 0 Å². The van der Waals surface area contributed by atoms with Crippen molar-refractivity contribution in [2.24, 2.45) is 11.8 Å². The van der Waals surface area contributed by atoms with Gasteiger partial charge < -0.3 is 5.32 Å². The Labute approximate surface area is 89.1 Å². The van der Waals surface area contributed by atoms with Crippen LogP contribution in [0.3, 0.4) is 0 Å². The summed E-state index contributed by atoms with van der Waals surface area (Å²) in [7, 11) is 2.06. The van der Waals surface area contributed by atoms with Crippen molar-refractivity contribution in [3.63, 3.8) is 0 Å². The van der Waals surface area contributed by atoms with E-state index in [1.54, 1.807) is 0 Å². The summed E-state index contributed by atoms with van der Waals surface area (Å²) < 4.78 is 0. The fraction of sp³-hybridized carbons (Fsp3) is 1.00. The molecule has 1 heterocycles. The number of likely N-dealkylation sites (tertiary alicyclic amines) is 1. The molecule has 2 heteroatoms. The van der Waals surface area contributed by atoms with Crippen LogP contribution in [0.4, 0.5) is 0 Å². The molecule has 2 nitrogen and oxygen atoms in total. The second kappa shape index (κ2) is 5.72. The Balaban J connectivity index is 2.44. The topological polar surface area (TPSA) is 15.3 Å². The van der Waals surface area contributed by atoms with Crippen LogP contribution in [0.5, 0.6) is 0 Å². The number of hydrogen-bond donors (Lipinski definition) is 1. The summed E-state index contributed by atoms with van der Waals surface area (Å²) in [4.78, 5) is 2.68. The van der Waals surface area contributed by atoms with Gasteiger partial charge in [-0.3, -0.25) is 4.90 Å². The number of hydrogen-bond acceptors (Lipinski definition) is 2. The van der Waals surface area contributed by atoms with Crippen molar-refractivity contribution in [2.75, 3.05) is 26.7 Å². The second-order valence-electron chi connectivity index (χ2n) is 4.93. The number of likely N-dealkylation sites (N-methyl/N-ethyl adjacent to an activating group) is 1. The minimum absolute atomic E-state index is 0.733. The molecule has 0 amide bonds. The van der Waals surface area contributed by atoms with Crippen LogP contribution in [0.15, 0.2) is 0 Å². The Morgan fingerprint density at radius 2 is 2.14 bits per heavy atom. The number of rotatable bonds is 5.